The summed E-state index contributed by atoms with van der Waals surface area (Å²) in [5.41, 5.74) is 6.98. The van der Waals surface area contributed by atoms with E-state index in [4.69, 9.17) is 5.73 Å². The van der Waals surface area contributed by atoms with Crippen molar-refractivity contribution in [2.24, 2.45) is 11.7 Å². The summed E-state index contributed by atoms with van der Waals surface area (Å²) in [6.45, 7) is 2.85. The Labute approximate surface area is 103 Å². The van der Waals surface area contributed by atoms with Crippen molar-refractivity contribution in [2.75, 3.05) is 26.7 Å². The van der Waals surface area contributed by atoms with Crippen LogP contribution in [0.1, 0.15) is 24.3 Å². The van der Waals surface area contributed by atoms with Crippen LogP contribution in [0.25, 0.3) is 0 Å². The van der Waals surface area contributed by atoms with Crippen LogP contribution in [0.4, 0.5) is 4.39 Å². The molecule has 1 fully saturated rings. The average molecular weight is 236 g/mol. The highest BCUT2D eigenvalue weighted by Crippen LogP contribution is 2.32. The van der Waals surface area contributed by atoms with Crippen molar-refractivity contribution < 1.29 is 4.39 Å². The van der Waals surface area contributed by atoms with E-state index in [0.717, 1.165) is 31.5 Å². The van der Waals surface area contributed by atoms with E-state index in [1.54, 1.807) is 12.1 Å². The zero-order chi connectivity index (χ0) is 12.3. The SMILES string of the molecule is CN1CCC(CN)C(c2cccc(F)c2)CC1. The standard InChI is InChI=1S/C14H21FN2/c1-17-7-5-12(10-16)14(6-8-17)11-3-2-4-13(15)9-11/h2-4,9,12,14H,5-8,10,16H2,1H3. The molecule has 0 saturated carbocycles. The van der Waals surface area contributed by atoms with Gasteiger partial charge in [0, 0.05) is 0 Å². The minimum absolute atomic E-state index is 0.143. The Balaban J connectivity index is 2.21. The fourth-order valence-electron chi connectivity index (χ4n) is 2.75. The lowest BCUT2D eigenvalue weighted by atomic mass is 9.82. The maximum absolute atomic E-state index is 13.3. The van der Waals surface area contributed by atoms with E-state index in [2.05, 4.69) is 11.9 Å². The van der Waals surface area contributed by atoms with Crippen molar-refractivity contribution in [1.82, 2.24) is 4.90 Å². The van der Waals surface area contributed by atoms with Gasteiger partial charge in [0.05, 0.1) is 0 Å². The van der Waals surface area contributed by atoms with Crippen molar-refractivity contribution in [3.63, 3.8) is 0 Å². The molecule has 0 aliphatic carbocycles. The summed E-state index contributed by atoms with van der Waals surface area (Å²) in [4.78, 5) is 2.34. The maximum Gasteiger partial charge on any atom is 0.123 e. The van der Waals surface area contributed by atoms with E-state index in [1.165, 1.54) is 6.07 Å². The number of nitrogens with zero attached hydrogens (tertiary/aromatic N) is 1. The first-order valence-electron chi connectivity index (χ1n) is 6.35. The molecule has 0 spiro atoms. The highest BCUT2D eigenvalue weighted by atomic mass is 19.1. The molecule has 2 N–H and O–H groups in total. The minimum Gasteiger partial charge on any atom is -0.330 e. The summed E-state index contributed by atoms with van der Waals surface area (Å²) in [7, 11) is 2.14. The fraction of sp³-hybridized carbons (Fsp3) is 0.571. The van der Waals surface area contributed by atoms with Crippen molar-refractivity contribution in [1.29, 1.82) is 0 Å². The number of likely N-dealkylation sites (tertiary alicyclic amines) is 1. The molecule has 3 heteroatoms. The molecule has 0 bridgehead atoms. The molecule has 1 saturated heterocycles. The quantitative estimate of drug-likeness (QED) is 0.853. The molecule has 2 nitrogen and oxygen atoms in total. The summed E-state index contributed by atoms with van der Waals surface area (Å²) in [5.74, 6) is 0.735. The van der Waals surface area contributed by atoms with Crippen molar-refractivity contribution in [3.05, 3.63) is 35.6 Å². The number of benzene rings is 1. The molecule has 1 aromatic rings. The van der Waals surface area contributed by atoms with E-state index >= 15 is 0 Å². The van der Waals surface area contributed by atoms with Crippen LogP contribution < -0.4 is 5.73 Å². The Bertz CT molecular complexity index is 367. The molecule has 1 aliphatic rings. The molecular formula is C14H21FN2. The number of hydrogen-bond acceptors (Lipinski definition) is 2. The van der Waals surface area contributed by atoms with Crippen LogP contribution in [0.5, 0.6) is 0 Å². The first-order valence-corrected chi connectivity index (χ1v) is 6.35. The zero-order valence-corrected chi connectivity index (χ0v) is 10.4. The molecule has 2 atom stereocenters. The smallest absolute Gasteiger partial charge is 0.123 e. The van der Waals surface area contributed by atoms with Gasteiger partial charge in [0.1, 0.15) is 5.82 Å². The van der Waals surface area contributed by atoms with Gasteiger partial charge in [0.15, 0.2) is 0 Å². The Morgan fingerprint density at radius 1 is 1.35 bits per heavy atom. The second kappa shape index (κ2) is 5.61. The topological polar surface area (TPSA) is 29.3 Å². The van der Waals surface area contributed by atoms with Gasteiger partial charge in [-0.2, -0.15) is 0 Å². The number of halogens is 1. The van der Waals surface area contributed by atoms with Crippen LogP contribution >= 0.6 is 0 Å². The highest BCUT2D eigenvalue weighted by Gasteiger charge is 2.25. The summed E-state index contributed by atoms with van der Waals surface area (Å²) in [5, 5.41) is 0. The molecule has 1 heterocycles. The highest BCUT2D eigenvalue weighted by molar-refractivity contribution is 5.22. The van der Waals surface area contributed by atoms with Gasteiger partial charge < -0.3 is 10.6 Å². The van der Waals surface area contributed by atoms with Gasteiger partial charge in [-0.3, -0.25) is 0 Å². The normalized spacial score (nSPS) is 26.8. The van der Waals surface area contributed by atoms with Crippen LogP contribution in [0.3, 0.4) is 0 Å². The van der Waals surface area contributed by atoms with Gasteiger partial charge in [-0.15, -0.1) is 0 Å². The maximum atomic E-state index is 13.3. The molecule has 94 valence electrons. The molecule has 1 aliphatic heterocycles. The third kappa shape index (κ3) is 3.05. The number of nitrogens with two attached hydrogens (primary N) is 1. The van der Waals surface area contributed by atoms with Crippen molar-refractivity contribution in [2.45, 2.75) is 18.8 Å². The van der Waals surface area contributed by atoms with Crippen LogP contribution in [-0.2, 0) is 0 Å². The number of hydrogen-bond donors (Lipinski definition) is 1. The molecule has 2 rings (SSSR count). The second-order valence-corrected chi connectivity index (χ2v) is 5.04. The van der Waals surface area contributed by atoms with Crippen LogP contribution in [0, 0.1) is 11.7 Å². The monoisotopic (exact) mass is 236 g/mol. The van der Waals surface area contributed by atoms with E-state index in [1.807, 2.05) is 6.07 Å². The summed E-state index contributed by atoms with van der Waals surface area (Å²) < 4.78 is 13.3. The predicted octanol–water partition coefficient (Wildman–Crippen LogP) is 2.21. The van der Waals surface area contributed by atoms with Gasteiger partial charge in [0.25, 0.3) is 0 Å². The molecule has 17 heavy (non-hydrogen) atoms. The molecule has 0 amide bonds. The van der Waals surface area contributed by atoms with E-state index in [-0.39, 0.29) is 5.82 Å². The minimum atomic E-state index is -0.143. The Hall–Kier alpha value is -0.930. The first kappa shape index (κ1) is 12.5. The molecule has 0 aromatic heterocycles. The fourth-order valence-corrected chi connectivity index (χ4v) is 2.75. The number of rotatable bonds is 2. The Kier molecular flexibility index (Phi) is 4.13. The average Bonchev–Trinajstić information content (AvgIpc) is 2.51. The van der Waals surface area contributed by atoms with Crippen molar-refractivity contribution in [3.8, 4) is 0 Å². The van der Waals surface area contributed by atoms with Crippen LogP contribution in [-0.4, -0.2) is 31.6 Å². The first-order chi connectivity index (χ1) is 8.20. The van der Waals surface area contributed by atoms with Gasteiger partial charge in [0.2, 0.25) is 0 Å². The van der Waals surface area contributed by atoms with Gasteiger partial charge in [-0.05, 0) is 69.1 Å². The van der Waals surface area contributed by atoms with Crippen molar-refractivity contribution >= 4 is 0 Å². The molecule has 0 radical (unpaired) electrons. The van der Waals surface area contributed by atoms with E-state index < -0.39 is 0 Å². The van der Waals surface area contributed by atoms with Gasteiger partial charge in [-0.1, -0.05) is 12.1 Å². The van der Waals surface area contributed by atoms with E-state index in [0.29, 0.717) is 18.4 Å². The molecule has 1 aromatic carbocycles. The van der Waals surface area contributed by atoms with Crippen LogP contribution in [0.15, 0.2) is 24.3 Å². The lowest BCUT2D eigenvalue weighted by Crippen LogP contribution is -2.22. The van der Waals surface area contributed by atoms with E-state index in [9.17, 15) is 4.39 Å². The lowest BCUT2D eigenvalue weighted by Gasteiger charge is -2.23. The largest absolute Gasteiger partial charge is 0.330 e. The molecular weight excluding hydrogens is 215 g/mol. The van der Waals surface area contributed by atoms with Crippen LogP contribution in [0.2, 0.25) is 0 Å². The van der Waals surface area contributed by atoms with Gasteiger partial charge in [-0.25, -0.2) is 4.39 Å². The Morgan fingerprint density at radius 3 is 2.82 bits per heavy atom. The third-order valence-corrected chi connectivity index (χ3v) is 3.85. The summed E-state index contributed by atoms with van der Waals surface area (Å²) in [6, 6.07) is 7.00. The van der Waals surface area contributed by atoms with Gasteiger partial charge >= 0.3 is 0 Å². The Morgan fingerprint density at radius 2 is 2.12 bits per heavy atom. The predicted molar refractivity (Wildman–Crippen MR) is 68.4 cm³/mol. The second-order valence-electron chi connectivity index (χ2n) is 5.04. The summed E-state index contributed by atoms with van der Waals surface area (Å²) >= 11 is 0. The zero-order valence-electron chi connectivity index (χ0n) is 10.4. The molecule has 2 unspecified atom stereocenters. The third-order valence-electron chi connectivity index (χ3n) is 3.85. The lowest BCUT2D eigenvalue weighted by molar-refractivity contribution is 0.342. The summed E-state index contributed by atoms with van der Waals surface area (Å²) in [6.07, 6.45) is 2.18.